The summed E-state index contributed by atoms with van der Waals surface area (Å²) in [6.07, 6.45) is 0. The van der Waals surface area contributed by atoms with Gasteiger partial charge in [0.05, 0.1) is 7.11 Å². The molecule has 0 atom stereocenters. The minimum Gasteiger partial charge on any atom is -0.497 e. The molecule has 0 saturated heterocycles. The molecule has 1 aromatic heterocycles. The first kappa shape index (κ1) is 20.3. The molecule has 0 bridgehead atoms. The second-order valence-electron chi connectivity index (χ2n) is 7.50. The van der Waals surface area contributed by atoms with Gasteiger partial charge in [0, 0.05) is 16.6 Å². The topological polar surface area (TPSA) is 80.6 Å². The zero-order valence-electron chi connectivity index (χ0n) is 17.8. The molecule has 0 aliphatic carbocycles. The summed E-state index contributed by atoms with van der Waals surface area (Å²) in [7, 11) is 1.58. The second-order valence-corrected chi connectivity index (χ2v) is 7.50. The van der Waals surface area contributed by atoms with Crippen molar-refractivity contribution in [1.29, 1.82) is 0 Å². The largest absolute Gasteiger partial charge is 0.497 e. The van der Waals surface area contributed by atoms with Crippen LogP contribution in [0.4, 0.5) is 11.4 Å². The molecule has 0 spiro atoms. The van der Waals surface area contributed by atoms with Crippen molar-refractivity contribution in [3.63, 3.8) is 0 Å². The van der Waals surface area contributed by atoms with Crippen molar-refractivity contribution in [1.82, 2.24) is 0 Å². The van der Waals surface area contributed by atoms with E-state index in [-0.39, 0.29) is 11.7 Å². The molecule has 33 heavy (non-hydrogen) atoms. The Morgan fingerprint density at radius 3 is 2.27 bits per heavy atom. The molecule has 4 aromatic carbocycles. The van der Waals surface area contributed by atoms with Gasteiger partial charge in [-0.25, -0.2) is 0 Å². The van der Waals surface area contributed by atoms with Gasteiger partial charge in [-0.3, -0.25) is 9.59 Å². The molecule has 0 aliphatic heterocycles. The first-order chi connectivity index (χ1) is 16.1. The summed E-state index contributed by atoms with van der Waals surface area (Å²) in [6.45, 7) is 0. The number of carbonyl (C=O) groups excluding carboxylic acids is 2. The van der Waals surface area contributed by atoms with Gasteiger partial charge in [-0.2, -0.15) is 0 Å². The van der Waals surface area contributed by atoms with Crippen LogP contribution >= 0.6 is 0 Å². The number of ether oxygens (including phenoxy) is 1. The van der Waals surface area contributed by atoms with Crippen molar-refractivity contribution >= 4 is 44.9 Å². The molecule has 2 N–H and O–H groups in total. The quantitative estimate of drug-likeness (QED) is 0.349. The fourth-order valence-corrected chi connectivity index (χ4v) is 3.71. The predicted octanol–water partition coefficient (Wildman–Crippen LogP) is 6.10. The Hall–Kier alpha value is -4.58. The number of carbonyl (C=O) groups is 2. The highest BCUT2D eigenvalue weighted by Crippen LogP contribution is 2.32. The Labute approximate surface area is 189 Å². The first-order valence-corrected chi connectivity index (χ1v) is 10.4. The van der Waals surface area contributed by atoms with Crippen LogP contribution in [0.2, 0.25) is 0 Å². The standard InChI is InChI=1S/C27H20N2O4/c1-32-21-14-12-20(13-15-21)28-27(31)25-24(22-8-4-5-9-23(22)33-25)29-26(30)19-11-10-17-6-2-3-7-18(17)16-19/h2-16H,1H3,(H,28,31)(H,29,30). The van der Waals surface area contributed by atoms with Crippen molar-refractivity contribution in [2.45, 2.75) is 0 Å². The van der Waals surface area contributed by atoms with E-state index in [1.807, 2.05) is 48.5 Å². The van der Waals surface area contributed by atoms with Crippen LogP contribution in [0.3, 0.4) is 0 Å². The number of anilines is 2. The van der Waals surface area contributed by atoms with Gasteiger partial charge in [-0.05, 0) is 59.3 Å². The first-order valence-electron chi connectivity index (χ1n) is 10.4. The molecule has 162 valence electrons. The fraction of sp³-hybridized carbons (Fsp3) is 0.0370. The third-order valence-electron chi connectivity index (χ3n) is 5.40. The van der Waals surface area contributed by atoms with Gasteiger partial charge in [0.2, 0.25) is 5.76 Å². The summed E-state index contributed by atoms with van der Waals surface area (Å²) in [5.41, 5.74) is 1.90. The molecule has 6 heteroatoms. The van der Waals surface area contributed by atoms with Crippen LogP contribution in [0, 0.1) is 0 Å². The molecule has 0 radical (unpaired) electrons. The third kappa shape index (κ3) is 4.02. The second kappa shape index (κ2) is 8.51. The zero-order valence-corrected chi connectivity index (χ0v) is 17.8. The van der Waals surface area contributed by atoms with Gasteiger partial charge in [-0.1, -0.05) is 42.5 Å². The van der Waals surface area contributed by atoms with Crippen LogP contribution < -0.4 is 15.4 Å². The van der Waals surface area contributed by atoms with E-state index in [9.17, 15) is 9.59 Å². The monoisotopic (exact) mass is 436 g/mol. The van der Waals surface area contributed by atoms with Crippen LogP contribution in [0.1, 0.15) is 20.9 Å². The molecule has 0 fully saturated rings. The molecule has 6 nitrogen and oxygen atoms in total. The van der Waals surface area contributed by atoms with Crippen LogP contribution in [0.5, 0.6) is 5.75 Å². The Kier molecular flexibility index (Phi) is 5.24. The van der Waals surface area contributed by atoms with Crippen LogP contribution in [-0.4, -0.2) is 18.9 Å². The summed E-state index contributed by atoms with van der Waals surface area (Å²) >= 11 is 0. The molecular weight excluding hydrogens is 416 g/mol. The van der Waals surface area contributed by atoms with Crippen molar-refractivity contribution in [2.24, 2.45) is 0 Å². The molecule has 0 saturated carbocycles. The van der Waals surface area contributed by atoms with Gasteiger partial charge in [0.15, 0.2) is 0 Å². The Bertz CT molecular complexity index is 1490. The van der Waals surface area contributed by atoms with E-state index in [0.29, 0.717) is 33.7 Å². The summed E-state index contributed by atoms with van der Waals surface area (Å²) in [5.74, 6) is -0.0859. The maximum Gasteiger partial charge on any atom is 0.293 e. The normalized spacial score (nSPS) is 10.8. The van der Waals surface area contributed by atoms with E-state index in [4.69, 9.17) is 9.15 Å². The smallest absolute Gasteiger partial charge is 0.293 e. The Morgan fingerprint density at radius 1 is 0.758 bits per heavy atom. The summed E-state index contributed by atoms with van der Waals surface area (Å²) in [4.78, 5) is 26.2. The number of furan rings is 1. The maximum absolute atomic E-state index is 13.1. The number of fused-ring (bicyclic) bond motifs is 2. The fourth-order valence-electron chi connectivity index (χ4n) is 3.71. The maximum atomic E-state index is 13.1. The van der Waals surface area contributed by atoms with Gasteiger partial charge >= 0.3 is 0 Å². The molecule has 5 rings (SSSR count). The number of methoxy groups -OCH3 is 1. The van der Waals surface area contributed by atoms with E-state index in [1.54, 1.807) is 49.6 Å². The number of amides is 2. The van der Waals surface area contributed by atoms with E-state index in [1.165, 1.54) is 0 Å². The van der Waals surface area contributed by atoms with E-state index < -0.39 is 5.91 Å². The van der Waals surface area contributed by atoms with Crippen molar-refractivity contribution in [3.05, 3.63) is 102 Å². The van der Waals surface area contributed by atoms with E-state index in [0.717, 1.165) is 10.8 Å². The number of benzene rings is 4. The molecule has 0 unspecified atom stereocenters. The third-order valence-corrected chi connectivity index (χ3v) is 5.40. The van der Waals surface area contributed by atoms with E-state index in [2.05, 4.69) is 10.6 Å². The van der Waals surface area contributed by atoms with Crippen molar-refractivity contribution < 1.29 is 18.7 Å². The molecule has 2 amide bonds. The van der Waals surface area contributed by atoms with Crippen LogP contribution in [0.25, 0.3) is 21.7 Å². The number of hydrogen-bond acceptors (Lipinski definition) is 4. The minimum atomic E-state index is -0.467. The zero-order chi connectivity index (χ0) is 22.8. The number of para-hydroxylation sites is 1. The minimum absolute atomic E-state index is 0.0288. The van der Waals surface area contributed by atoms with Gasteiger partial charge in [-0.15, -0.1) is 0 Å². The highest BCUT2D eigenvalue weighted by Gasteiger charge is 2.23. The van der Waals surface area contributed by atoms with Crippen LogP contribution in [-0.2, 0) is 0 Å². The van der Waals surface area contributed by atoms with Gasteiger partial charge < -0.3 is 19.8 Å². The lowest BCUT2D eigenvalue weighted by atomic mass is 10.1. The predicted molar refractivity (Wildman–Crippen MR) is 129 cm³/mol. The Morgan fingerprint density at radius 2 is 1.48 bits per heavy atom. The van der Waals surface area contributed by atoms with Crippen molar-refractivity contribution in [3.8, 4) is 5.75 Å². The van der Waals surface area contributed by atoms with Crippen molar-refractivity contribution in [2.75, 3.05) is 17.7 Å². The molecule has 1 heterocycles. The molecule has 5 aromatic rings. The lowest BCUT2D eigenvalue weighted by Crippen LogP contribution is -2.17. The number of nitrogens with one attached hydrogen (secondary N) is 2. The highest BCUT2D eigenvalue weighted by atomic mass is 16.5. The molecular formula is C27H20N2O4. The number of hydrogen-bond donors (Lipinski definition) is 2. The van der Waals surface area contributed by atoms with Gasteiger partial charge in [0.1, 0.15) is 17.0 Å². The summed E-state index contributed by atoms with van der Waals surface area (Å²) < 4.78 is 11.0. The lowest BCUT2D eigenvalue weighted by Gasteiger charge is -2.09. The van der Waals surface area contributed by atoms with Crippen LogP contribution in [0.15, 0.2) is 95.4 Å². The Balaban J connectivity index is 1.48. The summed E-state index contributed by atoms with van der Waals surface area (Å²) in [6, 6.07) is 27.4. The molecule has 0 aliphatic rings. The lowest BCUT2D eigenvalue weighted by molar-refractivity contribution is 0.0999. The summed E-state index contributed by atoms with van der Waals surface area (Å²) in [5, 5.41) is 8.34. The highest BCUT2D eigenvalue weighted by molar-refractivity contribution is 6.17. The average molecular weight is 436 g/mol. The number of rotatable bonds is 5. The SMILES string of the molecule is COc1ccc(NC(=O)c2oc3ccccc3c2NC(=O)c2ccc3ccccc3c2)cc1. The van der Waals surface area contributed by atoms with Gasteiger partial charge in [0.25, 0.3) is 11.8 Å². The van der Waals surface area contributed by atoms with E-state index >= 15 is 0 Å². The average Bonchev–Trinajstić information content (AvgIpc) is 3.22.